The van der Waals surface area contributed by atoms with Gasteiger partial charge in [-0.05, 0) is 38.5 Å². The van der Waals surface area contributed by atoms with Crippen molar-refractivity contribution in [2.45, 2.75) is 264 Å². The maximum Gasteiger partial charge on any atom is 0.220 e. The minimum absolute atomic E-state index is 0.0329. The van der Waals surface area contributed by atoms with E-state index in [0.29, 0.717) is 12.8 Å². The van der Waals surface area contributed by atoms with Crippen molar-refractivity contribution >= 4 is 5.91 Å². The van der Waals surface area contributed by atoms with Crippen LogP contribution >= 0.6 is 0 Å². The van der Waals surface area contributed by atoms with Gasteiger partial charge in [-0.2, -0.15) is 0 Å². The fraction of sp³-hybridized carbons (Fsp3) is 0.933. The number of hydrogen-bond acceptors (Lipinski definition) is 3. The molecule has 0 radical (unpaired) electrons. The zero-order valence-corrected chi connectivity index (χ0v) is 33.5. The Balaban J connectivity index is 3.33. The molecule has 4 heteroatoms. The molecule has 292 valence electrons. The SMILES string of the molecule is CCCCCCCCCC/C=C\CCCCCCCCCCCCCCCCCCCCCC(=O)NC(CO)C(O)CCCCCCCC. The van der Waals surface area contributed by atoms with Crippen molar-refractivity contribution < 1.29 is 15.0 Å². The molecule has 0 bridgehead atoms. The van der Waals surface area contributed by atoms with E-state index < -0.39 is 12.1 Å². The van der Waals surface area contributed by atoms with Crippen molar-refractivity contribution in [1.82, 2.24) is 5.32 Å². The first kappa shape index (κ1) is 48.1. The molecule has 2 unspecified atom stereocenters. The fourth-order valence-corrected chi connectivity index (χ4v) is 7.06. The van der Waals surface area contributed by atoms with E-state index in [2.05, 4.69) is 31.3 Å². The average Bonchev–Trinajstić information content (AvgIpc) is 3.10. The Labute approximate surface area is 307 Å². The number of aliphatic hydroxyl groups is 2. The molecule has 3 N–H and O–H groups in total. The molecule has 49 heavy (non-hydrogen) atoms. The Bertz CT molecular complexity index is 666. The number of unbranched alkanes of at least 4 members (excludes halogenated alkanes) is 32. The highest BCUT2D eigenvalue weighted by Crippen LogP contribution is 2.16. The second-order valence-electron chi connectivity index (χ2n) is 15.5. The Hall–Kier alpha value is -0.870. The summed E-state index contributed by atoms with van der Waals surface area (Å²) in [7, 11) is 0. The summed E-state index contributed by atoms with van der Waals surface area (Å²) in [6, 6.07) is -0.528. The molecular formula is C45H89NO3. The minimum Gasteiger partial charge on any atom is -0.394 e. The zero-order valence-electron chi connectivity index (χ0n) is 33.5. The van der Waals surface area contributed by atoms with Crippen LogP contribution in [0.25, 0.3) is 0 Å². The van der Waals surface area contributed by atoms with Crippen LogP contribution in [-0.2, 0) is 4.79 Å². The van der Waals surface area contributed by atoms with Crippen LogP contribution in [0.5, 0.6) is 0 Å². The van der Waals surface area contributed by atoms with Gasteiger partial charge in [-0.25, -0.2) is 0 Å². The third-order valence-corrected chi connectivity index (χ3v) is 10.5. The largest absolute Gasteiger partial charge is 0.394 e. The van der Waals surface area contributed by atoms with Gasteiger partial charge >= 0.3 is 0 Å². The van der Waals surface area contributed by atoms with E-state index in [-0.39, 0.29) is 12.5 Å². The molecule has 4 nitrogen and oxygen atoms in total. The Morgan fingerprint density at radius 3 is 1.12 bits per heavy atom. The molecule has 0 fully saturated rings. The van der Waals surface area contributed by atoms with Gasteiger partial charge in [-0.15, -0.1) is 0 Å². The molecule has 2 atom stereocenters. The highest BCUT2D eigenvalue weighted by molar-refractivity contribution is 5.76. The summed E-state index contributed by atoms with van der Waals surface area (Å²) in [5.74, 6) is -0.0329. The molecule has 0 heterocycles. The van der Waals surface area contributed by atoms with Crippen LogP contribution in [0.2, 0.25) is 0 Å². The van der Waals surface area contributed by atoms with Gasteiger partial charge in [0.15, 0.2) is 0 Å². The summed E-state index contributed by atoms with van der Waals surface area (Å²) >= 11 is 0. The average molecular weight is 692 g/mol. The van der Waals surface area contributed by atoms with Crippen molar-refractivity contribution in [3.63, 3.8) is 0 Å². The van der Waals surface area contributed by atoms with Crippen LogP contribution in [0.15, 0.2) is 12.2 Å². The lowest BCUT2D eigenvalue weighted by Crippen LogP contribution is -2.45. The summed E-state index contributed by atoms with van der Waals surface area (Å²) in [5, 5.41) is 22.9. The molecule has 0 rings (SSSR count). The highest BCUT2D eigenvalue weighted by Gasteiger charge is 2.19. The second-order valence-corrected chi connectivity index (χ2v) is 15.5. The van der Waals surface area contributed by atoms with Crippen LogP contribution in [0.4, 0.5) is 0 Å². The number of carbonyl (C=O) groups is 1. The molecule has 0 spiro atoms. The van der Waals surface area contributed by atoms with E-state index in [4.69, 9.17) is 0 Å². The predicted octanol–water partition coefficient (Wildman–Crippen LogP) is 13.9. The predicted molar refractivity (Wildman–Crippen MR) is 216 cm³/mol. The van der Waals surface area contributed by atoms with Gasteiger partial charge in [0, 0.05) is 6.42 Å². The lowest BCUT2D eigenvalue weighted by atomic mass is 10.0. The summed E-state index contributed by atoms with van der Waals surface area (Å²) in [5.41, 5.74) is 0. The van der Waals surface area contributed by atoms with Crippen molar-refractivity contribution in [2.24, 2.45) is 0 Å². The monoisotopic (exact) mass is 692 g/mol. The molecule has 0 aromatic rings. The fourth-order valence-electron chi connectivity index (χ4n) is 7.06. The number of amides is 1. The zero-order chi connectivity index (χ0) is 35.7. The van der Waals surface area contributed by atoms with Gasteiger partial charge in [-0.3, -0.25) is 4.79 Å². The van der Waals surface area contributed by atoms with E-state index in [9.17, 15) is 15.0 Å². The standard InChI is InChI=1S/C45H89NO3/c1-3-5-7-9-11-12-13-14-15-16-17-18-19-20-21-22-23-24-25-26-27-28-29-30-31-32-33-34-35-37-39-41-45(49)46-43(42-47)44(48)40-38-36-10-8-6-4-2/h16-17,43-44,47-48H,3-15,18-42H2,1-2H3,(H,46,49)/b17-16-. The summed E-state index contributed by atoms with van der Waals surface area (Å²) in [6.07, 6.45) is 51.9. The number of rotatable bonds is 41. The first-order valence-electron chi connectivity index (χ1n) is 22.4. The minimum atomic E-state index is -0.651. The normalized spacial score (nSPS) is 13.0. The summed E-state index contributed by atoms with van der Waals surface area (Å²) in [6.45, 7) is 4.31. The number of nitrogens with one attached hydrogen (secondary N) is 1. The van der Waals surface area contributed by atoms with E-state index >= 15 is 0 Å². The number of allylic oxidation sites excluding steroid dienone is 2. The first-order chi connectivity index (χ1) is 24.2. The van der Waals surface area contributed by atoms with E-state index in [1.54, 1.807) is 0 Å². The van der Waals surface area contributed by atoms with Crippen LogP contribution in [0, 0.1) is 0 Å². The van der Waals surface area contributed by atoms with Crippen molar-refractivity contribution in [3.8, 4) is 0 Å². The Kier molecular flexibility index (Phi) is 40.8. The lowest BCUT2D eigenvalue weighted by Gasteiger charge is -2.22. The summed E-state index contributed by atoms with van der Waals surface area (Å²) in [4.78, 5) is 12.3. The molecule has 1 amide bonds. The molecule has 0 saturated carbocycles. The van der Waals surface area contributed by atoms with E-state index in [1.807, 2.05) is 0 Å². The highest BCUT2D eigenvalue weighted by atomic mass is 16.3. The van der Waals surface area contributed by atoms with E-state index in [1.165, 1.54) is 199 Å². The second kappa shape index (κ2) is 41.5. The third-order valence-electron chi connectivity index (χ3n) is 10.5. The quantitative estimate of drug-likeness (QED) is 0.0441. The number of aliphatic hydroxyl groups excluding tert-OH is 2. The Morgan fingerprint density at radius 1 is 0.469 bits per heavy atom. The van der Waals surface area contributed by atoms with Gasteiger partial charge in [0.05, 0.1) is 18.8 Å². The van der Waals surface area contributed by atoms with Crippen molar-refractivity contribution in [2.75, 3.05) is 6.61 Å². The van der Waals surface area contributed by atoms with E-state index in [0.717, 1.165) is 25.7 Å². The lowest BCUT2D eigenvalue weighted by molar-refractivity contribution is -0.123. The van der Waals surface area contributed by atoms with Crippen LogP contribution in [-0.4, -0.2) is 34.9 Å². The van der Waals surface area contributed by atoms with Crippen molar-refractivity contribution in [3.05, 3.63) is 12.2 Å². The number of carbonyl (C=O) groups excluding carboxylic acids is 1. The number of hydrogen-bond donors (Lipinski definition) is 3. The molecule has 0 aromatic carbocycles. The van der Waals surface area contributed by atoms with Gasteiger partial charge < -0.3 is 15.5 Å². The van der Waals surface area contributed by atoms with Crippen LogP contribution in [0.1, 0.15) is 251 Å². The molecule has 0 aliphatic carbocycles. The summed E-state index contributed by atoms with van der Waals surface area (Å²) < 4.78 is 0. The van der Waals surface area contributed by atoms with Gasteiger partial charge in [-0.1, -0.05) is 219 Å². The topological polar surface area (TPSA) is 69.6 Å². The molecule has 0 aromatic heterocycles. The Morgan fingerprint density at radius 2 is 0.776 bits per heavy atom. The molecule has 0 aliphatic heterocycles. The molecular weight excluding hydrogens is 602 g/mol. The molecule has 0 aliphatic rings. The third kappa shape index (κ3) is 38.2. The van der Waals surface area contributed by atoms with Crippen LogP contribution < -0.4 is 5.32 Å². The van der Waals surface area contributed by atoms with Gasteiger partial charge in [0.25, 0.3) is 0 Å². The molecule has 0 saturated heterocycles. The van der Waals surface area contributed by atoms with Crippen molar-refractivity contribution in [1.29, 1.82) is 0 Å². The van der Waals surface area contributed by atoms with Gasteiger partial charge in [0.1, 0.15) is 0 Å². The van der Waals surface area contributed by atoms with Crippen LogP contribution in [0.3, 0.4) is 0 Å². The maximum atomic E-state index is 12.3. The maximum absolute atomic E-state index is 12.3. The smallest absolute Gasteiger partial charge is 0.220 e. The van der Waals surface area contributed by atoms with Gasteiger partial charge in [0.2, 0.25) is 5.91 Å². The first-order valence-corrected chi connectivity index (χ1v) is 22.4.